The summed E-state index contributed by atoms with van der Waals surface area (Å²) in [4.78, 5) is 22.0. The lowest BCUT2D eigenvalue weighted by atomic mass is 10.1. The van der Waals surface area contributed by atoms with Gasteiger partial charge in [-0.15, -0.1) is 16.4 Å². The minimum atomic E-state index is -0.177. The van der Waals surface area contributed by atoms with Crippen molar-refractivity contribution in [1.29, 1.82) is 0 Å². The summed E-state index contributed by atoms with van der Waals surface area (Å²) in [5.74, 6) is 0.557. The third-order valence-electron chi connectivity index (χ3n) is 4.82. The van der Waals surface area contributed by atoms with Gasteiger partial charge in [-0.2, -0.15) is 5.10 Å². The van der Waals surface area contributed by atoms with Crippen LogP contribution in [0.4, 0.5) is 5.82 Å². The van der Waals surface area contributed by atoms with Crippen LogP contribution in [0.5, 0.6) is 0 Å². The van der Waals surface area contributed by atoms with Crippen molar-refractivity contribution in [3.8, 4) is 0 Å². The van der Waals surface area contributed by atoms with E-state index in [1.54, 1.807) is 18.5 Å². The van der Waals surface area contributed by atoms with Gasteiger partial charge in [-0.25, -0.2) is 9.97 Å². The molecular weight excluding hydrogens is 420 g/mol. The molecular formula is C21H21ClN6OS. The summed E-state index contributed by atoms with van der Waals surface area (Å²) in [7, 11) is 0. The van der Waals surface area contributed by atoms with Gasteiger partial charge in [-0.3, -0.25) is 4.79 Å². The van der Waals surface area contributed by atoms with Crippen LogP contribution >= 0.6 is 22.9 Å². The van der Waals surface area contributed by atoms with E-state index in [9.17, 15) is 4.79 Å². The summed E-state index contributed by atoms with van der Waals surface area (Å²) in [6.45, 7) is 8.31. The lowest BCUT2D eigenvalue weighted by molar-refractivity contribution is 0.0943. The molecule has 0 aliphatic rings. The quantitative estimate of drug-likeness (QED) is 0.469. The van der Waals surface area contributed by atoms with Gasteiger partial charge in [0.2, 0.25) is 0 Å². The first-order valence-corrected chi connectivity index (χ1v) is 10.7. The largest absolute Gasteiger partial charge is 0.365 e. The molecule has 1 aromatic carbocycles. The minimum Gasteiger partial charge on any atom is -0.365 e. The number of anilines is 1. The molecule has 0 saturated heterocycles. The second kappa shape index (κ2) is 8.12. The van der Waals surface area contributed by atoms with Gasteiger partial charge in [-0.05, 0) is 51.0 Å². The van der Waals surface area contributed by atoms with Gasteiger partial charge < -0.3 is 10.6 Å². The van der Waals surface area contributed by atoms with E-state index >= 15 is 0 Å². The van der Waals surface area contributed by atoms with Gasteiger partial charge in [0.25, 0.3) is 5.91 Å². The average molecular weight is 441 g/mol. The first-order valence-electron chi connectivity index (χ1n) is 9.55. The average Bonchev–Trinajstić information content (AvgIpc) is 3.08. The van der Waals surface area contributed by atoms with Crippen LogP contribution in [0.3, 0.4) is 0 Å². The van der Waals surface area contributed by atoms with Gasteiger partial charge in [0.1, 0.15) is 17.0 Å². The lowest BCUT2D eigenvalue weighted by Crippen LogP contribution is -2.30. The van der Waals surface area contributed by atoms with Crippen LogP contribution in [-0.2, 0) is 6.54 Å². The molecule has 4 aromatic rings. The molecule has 9 heteroatoms. The van der Waals surface area contributed by atoms with E-state index < -0.39 is 0 Å². The van der Waals surface area contributed by atoms with E-state index in [4.69, 9.17) is 11.6 Å². The number of rotatable bonds is 5. The zero-order valence-electron chi connectivity index (χ0n) is 17.1. The number of benzene rings is 1. The topological polar surface area (TPSA) is 92.7 Å². The number of nitrogens with zero attached hydrogens (tertiary/aromatic N) is 4. The maximum atomic E-state index is 12.2. The van der Waals surface area contributed by atoms with Gasteiger partial charge >= 0.3 is 0 Å². The van der Waals surface area contributed by atoms with E-state index in [0.29, 0.717) is 17.1 Å². The van der Waals surface area contributed by atoms with Crippen molar-refractivity contribution in [2.75, 3.05) is 5.32 Å². The standard InChI is InChI=1S/C21H21ClN6OS/c1-10(2)26-20(29)14-6-5-13(7-15(14)22)8-23-19-18-17(24-9-25-19)16-11(3)12(4)27-28-21(16)30-18/h5-7,9-10H,8H2,1-4H3,(H,26,29)(H,23,24,25). The van der Waals surface area contributed by atoms with E-state index in [1.165, 1.54) is 11.3 Å². The number of amides is 1. The second-order valence-electron chi connectivity index (χ2n) is 7.39. The first kappa shape index (κ1) is 20.4. The highest BCUT2D eigenvalue weighted by atomic mass is 35.5. The summed E-state index contributed by atoms with van der Waals surface area (Å²) < 4.78 is 0.939. The van der Waals surface area contributed by atoms with Crippen molar-refractivity contribution in [2.45, 2.75) is 40.3 Å². The van der Waals surface area contributed by atoms with Crippen LogP contribution in [0.15, 0.2) is 24.5 Å². The molecule has 0 aliphatic carbocycles. The van der Waals surface area contributed by atoms with Gasteiger partial charge in [0.15, 0.2) is 0 Å². The smallest absolute Gasteiger partial charge is 0.252 e. The number of aromatic nitrogens is 4. The van der Waals surface area contributed by atoms with E-state index in [1.807, 2.05) is 33.8 Å². The van der Waals surface area contributed by atoms with Crippen LogP contribution in [-0.4, -0.2) is 32.1 Å². The molecule has 0 radical (unpaired) electrons. The highest BCUT2D eigenvalue weighted by molar-refractivity contribution is 7.25. The molecule has 1 amide bonds. The first-order chi connectivity index (χ1) is 14.3. The molecule has 0 aliphatic heterocycles. The van der Waals surface area contributed by atoms with E-state index in [2.05, 4.69) is 30.8 Å². The fraction of sp³-hybridized carbons (Fsp3) is 0.286. The Kier molecular flexibility index (Phi) is 5.53. The van der Waals surface area contributed by atoms with Crippen LogP contribution in [0.1, 0.15) is 41.0 Å². The number of carbonyl (C=O) groups is 1. The Labute approximate surface area is 182 Å². The van der Waals surface area contributed by atoms with Crippen LogP contribution in [0.2, 0.25) is 5.02 Å². The monoisotopic (exact) mass is 440 g/mol. The molecule has 2 N–H and O–H groups in total. The molecule has 3 heterocycles. The summed E-state index contributed by atoms with van der Waals surface area (Å²) in [5, 5.41) is 16.2. The summed E-state index contributed by atoms with van der Waals surface area (Å²) in [6, 6.07) is 5.48. The zero-order valence-corrected chi connectivity index (χ0v) is 18.6. The van der Waals surface area contributed by atoms with Crippen molar-refractivity contribution < 1.29 is 4.79 Å². The molecule has 0 unspecified atom stereocenters. The summed E-state index contributed by atoms with van der Waals surface area (Å²) in [6.07, 6.45) is 1.55. The maximum Gasteiger partial charge on any atom is 0.252 e. The highest BCUT2D eigenvalue weighted by Gasteiger charge is 2.16. The number of halogens is 1. The molecule has 4 rings (SSSR count). The number of hydrogen-bond donors (Lipinski definition) is 2. The maximum absolute atomic E-state index is 12.2. The lowest BCUT2D eigenvalue weighted by Gasteiger charge is -2.11. The predicted molar refractivity (Wildman–Crippen MR) is 121 cm³/mol. The van der Waals surface area contributed by atoms with Gasteiger partial charge in [0.05, 0.1) is 26.5 Å². The number of aryl methyl sites for hydroxylation is 2. The number of carbonyl (C=O) groups excluding carboxylic acids is 1. The number of nitrogens with one attached hydrogen (secondary N) is 2. The van der Waals surface area contributed by atoms with Crippen molar-refractivity contribution in [3.63, 3.8) is 0 Å². The molecule has 7 nitrogen and oxygen atoms in total. The van der Waals surface area contributed by atoms with Crippen LogP contribution in [0.25, 0.3) is 20.4 Å². The van der Waals surface area contributed by atoms with Crippen molar-refractivity contribution >= 4 is 55.1 Å². The Hall–Kier alpha value is -2.84. The predicted octanol–water partition coefficient (Wildman–Crippen LogP) is 4.66. The van der Waals surface area contributed by atoms with Crippen LogP contribution in [0, 0.1) is 13.8 Å². The Morgan fingerprint density at radius 1 is 1.20 bits per heavy atom. The van der Waals surface area contributed by atoms with Crippen LogP contribution < -0.4 is 10.6 Å². The molecule has 30 heavy (non-hydrogen) atoms. The number of hydrogen-bond acceptors (Lipinski definition) is 7. The fourth-order valence-corrected chi connectivity index (χ4v) is 4.58. The Balaban J connectivity index is 1.60. The molecule has 0 atom stereocenters. The second-order valence-corrected chi connectivity index (χ2v) is 8.79. The summed E-state index contributed by atoms with van der Waals surface area (Å²) >= 11 is 7.86. The van der Waals surface area contributed by atoms with Crippen molar-refractivity contribution in [3.05, 3.63) is 51.9 Å². The molecule has 3 aromatic heterocycles. The van der Waals surface area contributed by atoms with Crippen molar-refractivity contribution in [2.24, 2.45) is 0 Å². The third kappa shape index (κ3) is 3.80. The van der Waals surface area contributed by atoms with E-state index in [-0.39, 0.29) is 11.9 Å². The van der Waals surface area contributed by atoms with Gasteiger partial charge in [-0.1, -0.05) is 17.7 Å². The third-order valence-corrected chi connectivity index (χ3v) is 6.20. The van der Waals surface area contributed by atoms with Crippen molar-refractivity contribution in [1.82, 2.24) is 25.5 Å². The minimum absolute atomic E-state index is 0.0495. The summed E-state index contributed by atoms with van der Waals surface area (Å²) in [5.41, 5.74) is 4.26. The molecule has 0 fully saturated rings. The highest BCUT2D eigenvalue weighted by Crippen LogP contribution is 2.36. The molecule has 0 saturated carbocycles. The molecule has 0 spiro atoms. The fourth-order valence-electron chi connectivity index (χ4n) is 3.19. The SMILES string of the molecule is Cc1nnc2sc3c(NCc4ccc(C(=O)NC(C)C)c(Cl)c4)ncnc3c2c1C. The Bertz CT molecular complexity index is 1270. The number of thiophene rings is 1. The number of fused-ring (bicyclic) bond motifs is 3. The molecule has 0 bridgehead atoms. The Morgan fingerprint density at radius 2 is 2.00 bits per heavy atom. The van der Waals surface area contributed by atoms with Gasteiger partial charge in [0, 0.05) is 18.0 Å². The normalized spacial score (nSPS) is 11.4. The van der Waals surface area contributed by atoms with E-state index in [0.717, 1.165) is 43.1 Å². The Morgan fingerprint density at radius 3 is 2.73 bits per heavy atom. The zero-order chi connectivity index (χ0) is 21.4. The molecule has 154 valence electrons.